The molecule has 0 unspecified atom stereocenters. The average Bonchev–Trinajstić information content (AvgIpc) is 2.64. The molecule has 0 radical (unpaired) electrons. The van der Waals surface area contributed by atoms with Gasteiger partial charge in [0.15, 0.2) is 5.69 Å². The Labute approximate surface area is 111 Å². The summed E-state index contributed by atoms with van der Waals surface area (Å²) in [6, 6.07) is 0. The Morgan fingerprint density at radius 2 is 2.00 bits per heavy atom. The summed E-state index contributed by atoms with van der Waals surface area (Å²) in [4.78, 5) is 26.9. The summed E-state index contributed by atoms with van der Waals surface area (Å²) in [6.45, 7) is 5.52. The first kappa shape index (κ1) is 15.0. The highest BCUT2D eigenvalue weighted by atomic mass is 16.5. The van der Waals surface area contributed by atoms with Gasteiger partial charge in [-0.3, -0.25) is 4.79 Å². The lowest BCUT2D eigenvalue weighted by molar-refractivity contribution is -0.119. The molecule has 1 aromatic heterocycles. The number of imidazole rings is 1. The number of nitrogen functional groups attached to an aromatic ring is 1. The second-order valence-corrected chi connectivity index (χ2v) is 4.90. The summed E-state index contributed by atoms with van der Waals surface area (Å²) < 4.78 is 6.31. The molecule has 7 nitrogen and oxygen atoms in total. The van der Waals surface area contributed by atoms with Crippen LogP contribution in [0, 0.1) is 0 Å². The van der Waals surface area contributed by atoms with E-state index in [0.29, 0.717) is 12.2 Å². The molecule has 0 aliphatic heterocycles. The molecule has 0 aliphatic carbocycles. The fraction of sp³-hybridized carbons (Fsp3) is 0.583. The number of amides is 1. The van der Waals surface area contributed by atoms with Crippen LogP contribution < -0.4 is 11.5 Å². The van der Waals surface area contributed by atoms with Crippen LogP contribution in [0.25, 0.3) is 0 Å². The molecule has 0 aliphatic rings. The van der Waals surface area contributed by atoms with Crippen LogP contribution in [0.5, 0.6) is 0 Å². The van der Waals surface area contributed by atoms with Crippen molar-refractivity contribution in [1.29, 1.82) is 0 Å². The number of aryl methyl sites for hydroxylation is 1. The molecule has 1 aromatic rings. The molecule has 7 heteroatoms. The van der Waals surface area contributed by atoms with Crippen molar-refractivity contribution in [3.63, 3.8) is 0 Å². The lowest BCUT2D eigenvalue weighted by Gasteiger charge is -2.28. The number of carbonyl (C=O) groups is 2. The van der Waals surface area contributed by atoms with E-state index in [9.17, 15) is 9.59 Å². The maximum atomic E-state index is 11.6. The molecule has 0 spiro atoms. The van der Waals surface area contributed by atoms with Gasteiger partial charge in [-0.25, -0.2) is 9.78 Å². The molecule has 4 N–H and O–H groups in total. The van der Waals surface area contributed by atoms with Crippen molar-refractivity contribution in [3.8, 4) is 0 Å². The van der Waals surface area contributed by atoms with Crippen molar-refractivity contribution in [1.82, 2.24) is 9.55 Å². The van der Waals surface area contributed by atoms with E-state index in [-0.39, 0.29) is 17.9 Å². The molecular formula is C12H20N4O3. The Hall–Kier alpha value is -2.05. The summed E-state index contributed by atoms with van der Waals surface area (Å²) in [6.07, 6.45) is 0.671. The standard InChI is InChI=1S/C12H20N4O3/c1-5-8-15-9(11(18)19-4)10(14)16(8)12(2,3)6-7(13)17/h5-6,14H2,1-4H3,(H2,13,17). The summed E-state index contributed by atoms with van der Waals surface area (Å²) in [5.41, 5.74) is 10.6. The zero-order valence-corrected chi connectivity index (χ0v) is 11.7. The van der Waals surface area contributed by atoms with Gasteiger partial charge in [0.1, 0.15) is 11.6 Å². The molecule has 0 aromatic carbocycles. The average molecular weight is 268 g/mol. The Balaban J connectivity index is 3.37. The van der Waals surface area contributed by atoms with Crippen LogP contribution in [0.1, 0.15) is 43.5 Å². The summed E-state index contributed by atoms with van der Waals surface area (Å²) >= 11 is 0. The zero-order valence-electron chi connectivity index (χ0n) is 11.7. The number of hydrogen-bond donors (Lipinski definition) is 2. The topological polar surface area (TPSA) is 113 Å². The molecular weight excluding hydrogens is 248 g/mol. The van der Waals surface area contributed by atoms with Crippen molar-refractivity contribution in [2.24, 2.45) is 5.73 Å². The molecule has 106 valence electrons. The molecule has 0 saturated carbocycles. The number of methoxy groups -OCH3 is 1. The maximum absolute atomic E-state index is 11.6. The van der Waals surface area contributed by atoms with Crippen LogP contribution in [-0.2, 0) is 21.5 Å². The number of anilines is 1. The van der Waals surface area contributed by atoms with Gasteiger partial charge in [-0.05, 0) is 13.8 Å². The van der Waals surface area contributed by atoms with E-state index in [2.05, 4.69) is 9.72 Å². The minimum Gasteiger partial charge on any atom is -0.464 e. The summed E-state index contributed by atoms with van der Waals surface area (Å²) in [5, 5.41) is 0. The molecule has 0 saturated heterocycles. The highest BCUT2D eigenvalue weighted by Crippen LogP contribution is 2.28. The first-order valence-corrected chi connectivity index (χ1v) is 5.98. The van der Waals surface area contributed by atoms with Gasteiger partial charge >= 0.3 is 5.97 Å². The first-order valence-electron chi connectivity index (χ1n) is 5.98. The maximum Gasteiger partial charge on any atom is 0.360 e. The highest BCUT2D eigenvalue weighted by Gasteiger charge is 2.31. The van der Waals surface area contributed by atoms with Gasteiger partial charge in [0.2, 0.25) is 5.91 Å². The second kappa shape index (κ2) is 5.29. The van der Waals surface area contributed by atoms with Crippen LogP contribution in [-0.4, -0.2) is 28.5 Å². The number of primary amides is 1. The number of rotatable bonds is 5. The van der Waals surface area contributed by atoms with Gasteiger partial charge in [-0.1, -0.05) is 6.92 Å². The number of carbonyl (C=O) groups excluding carboxylic acids is 2. The predicted molar refractivity (Wildman–Crippen MR) is 70.5 cm³/mol. The number of esters is 1. The normalized spacial score (nSPS) is 11.4. The van der Waals surface area contributed by atoms with Crippen molar-refractivity contribution in [2.45, 2.75) is 39.2 Å². The minimum atomic E-state index is -0.652. The zero-order chi connectivity index (χ0) is 14.8. The number of nitrogens with two attached hydrogens (primary N) is 2. The third-order valence-electron chi connectivity index (χ3n) is 2.89. The number of nitrogens with zero attached hydrogens (tertiary/aromatic N) is 2. The lowest BCUT2D eigenvalue weighted by Crippen LogP contribution is -2.34. The van der Waals surface area contributed by atoms with E-state index < -0.39 is 17.4 Å². The fourth-order valence-electron chi connectivity index (χ4n) is 2.15. The predicted octanol–water partition coefficient (Wildman–Crippen LogP) is 0.425. The SMILES string of the molecule is CCc1nc(C(=O)OC)c(N)n1C(C)(C)CC(N)=O. The van der Waals surface area contributed by atoms with Crippen LogP contribution in [0.4, 0.5) is 5.82 Å². The van der Waals surface area contributed by atoms with Crippen LogP contribution >= 0.6 is 0 Å². The molecule has 1 rings (SSSR count). The molecule has 0 bridgehead atoms. The Kier molecular flexibility index (Phi) is 4.18. The smallest absolute Gasteiger partial charge is 0.360 e. The quantitative estimate of drug-likeness (QED) is 0.751. The molecule has 1 heterocycles. The van der Waals surface area contributed by atoms with E-state index >= 15 is 0 Å². The van der Waals surface area contributed by atoms with E-state index in [4.69, 9.17) is 11.5 Å². The number of aromatic nitrogens is 2. The van der Waals surface area contributed by atoms with Gasteiger partial charge in [0, 0.05) is 12.8 Å². The molecule has 0 atom stereocenters. The molecule has 1 amide bonds. The van der Waals surface area contributed by atoms with Crippen LogP contribution in [0.3, 0.4) is 0 Å². The van der Waals surface area contributed by atoms with Gasteiger partial charge in [0.05, 0.1) is 12.6 Å². The minimum absolute atomic E-state index is 0.0666. The van der Waals surface area contributed by atoms with Crippen molar-refractivity contribution in [2.75, 3.05) is 12.8 Å². The van der Waals surface area contributed by atoms with E-state index in [1.165, 1.54) is 7.11 Å². The van der Waals surface area contributed by atoms with Crippen LogP contribution in [0.2, 0.25) is 0 Å². The monoisotopic (exact) mass is 268 g/mol. The largest absolute Gasteiger partial charge is 0.464 e. The van der Waals surface area contributed by atoms with Crippen LogP contribution in [0.15, 0.2) is 0 Å². The Morgan fingerprint density at radius 3 is 2.42 bits per heavy atom. The van der Waals surface area contributed by atoms with Gasteiger partial charge in [-0.15, -0.1) is 0 Å². The van der Waals surface area contributed by atoms with E-state index in [1.54, 1.807) is 4.57 Å². The van der Waals surface area contributed by atoms with Crippen molar-refractivity contribution >= 4 is 17.7 Å². The second-order valence-electron chi connectivity index (χ2n) is 4.90. The Morgan fingerprint density at radius 1 is 1.42 bits per heavy atom. The third-order valence-corrected chi connectivity index (χ3v) is 2.89. The van der Waals surface area contributed by atoms with E-state index in [1.807, 2.05) is 20.8 Å². The first-order chi connectivity index (χ1) is 8.74. The number of hydrogen-bond acceptors (Lipinski definition) is 5. The van der Waals surface area contributed by atoms with Crippen molar-refractivity contribution < 1.29 is 14.3 Å². The number of ether oxygens (including phenoxy) is 1. The molecule has 19 heavy (non-hydrogen) atoms. The van der Waals surface area contributed by atoms with Gasteiger partial charge in [-0.2, -0.15) is 0 Å². The summed E-state index contributed by atoms with van der Waals surface area (Å²) in [5.74, 6) is -0.236. The van der Waals surface area contributed by atoms with Gasteiger partial charge < -0.3 is 20.8 Å². The lowest BCUT2D eigenvalue weighted by atomic mass is 9.99. The summed E-state index contributed by atoms with van der Waals surface area (Å²) in [7, 11) is 1.26. The Bertz CT molecular complexity index is 505. The molecule has 0 fully saturated rings. The van der Waals surface area contributed by atoms with Gasteiger partial charge in [0.25, 0.3) is 0 Å². The fourth-order valence-corrected chi connectivity index (χ4v) is 2.15. The van der Waals surface area contributed by atoms with E-state index in [0.717, 1.165) is 0 Å². The highest BCUT2D eigenvalue weighted by molar-refractivity contribution is 5.92. The van der Waals surface area contributed by atoms with Crippen molar-refractivity contribution in [3.05, 3.63) is 11.5 Å². The third kappa shape index (κ3) is 2.86.